The number of hydrogen-bond donors (Lipinski definition) is 2. The number of carbonyl (C=O) groups excluding carboxylic acids is 1. The maximum atomic E-state index is 13.2. The van der Waals surface area contributed by atoms with Crippen molar-refractivity contribution in [2.75, 3.05) is 17.3 Å². The number of hydrogen-bond acceptors (Lipinski definition) is 7. The Labute approximate surface area is 190 Å². The van der Waals surface area contributed by atoms with E-state index in [0.717, 1.165) is 11.8 Å². The van der Waals surface area contributed by atoms with E-state index in [1.807, 2.05) is 18.2 Å². The Hall–Kier alpha value is -2.63. The van der Waals surface area contributed by atoms with Crippen molar-refractivity contribution >= 4 is 37.3 Å². The molecule has 11 heteroatoms. The summed E-state index contributed by atoms with van der Waals surface area (Å²) in [5, 5.41) is 2.81. The maximum absolute atomic E-state index is 13.2. The van der Waals surface area contributed by atoms with Gasteiger partial charge < -0.3 is 10.3 Å². The second kappa shape index (κ2) is 9.08. The van der Waals surface area contributed by atoms with Gasteiger partial charge in [-0.25, -0.2) is 21.8 Å². The third kappa shape index (κ3) is 5.05. The molecule has 1 aliphatic heterocycles. The van der Waals surface area contributed by atoms with Crippen LogP contribution in [-0.2, 0) is 24.5 Å². The van der Waals surface area contributed by atoms with E-state index < -0.39 is 25.7 Å². The zero-order valence-electron chi connectivity index (χ0n) is 16.9. The highest BCUT2D eigenvalue weighted by Gasteiger charge is 2.30. The van der Waals surface area contributed by atoms with E-state index in [1.54, 1.807) is 30.3 Å². The number of amides is 1. The number of nitrogens with zero attached hydrogens (tertiary/aromatic N) is 1. The zero-order chi connectivity index (χ0) is 22.8. The molecule has 2 heterocycles. The van der Waals surface area contributed by atoms with Crippen LogP contribution in [0.1, 0.15) is 6.42 Å². The molecule has 2 aromatic carbocycles. The fourth-order valence-corrected chi connectivity index (χ4v) is 7.51. The third-order valence-corrected chi connectivity index (χ3v) is 9.54. The van der Waals surface area contributed by atoms with Crippen LogP contribution >= 0.6 is 11.8 Å². The molecular weight excluding hydrogens is 470 g/mol. The molecule has 1 aromatic heterocycles. The molecule has 0 saturated carbocycles. The smallest absolute Gasteiger partial charge is 0.230 e. The normalized spacial score (nSPS) is 17.8. The second-order valence-corrected chi connectivity index (χ2v) is 12.4. The minimum atomic E-state index is -3.89. The lowest BCUT2D eigenvalue weighted by Gasteiger charge is -2.10. The van der Waals surface area contributed by atoms with Gasteiger partial charge in [-0.2, -0.15) is 0 Å². The second-order valence-electron chi connectivity index (χ2n) is 7.36. The van der Waals surface area contributed by atoms with Crippen LogP contribution in [0.4, 0.5) is 0 Å². The topological polar surface area (TPSA) is 126 Å². The van der Waals surface area contributed by atoms with Crippen LogP contribution in [0, 0.1) is 0 Å². The van der Waals surface area contributed by atoms with Gasteiger partial charge in [0.25, 0.3) is 0 Å². The number of imidazole rings is 1. The minimum Gasteiger partial charge on any atom is -0.352 e. The summed E-state index contributed by atoms with van der Waals surface area (Å²) >= 11 is 0.992. The summed E-state index contributed by atoms with van der Waals surface area (Å²) in [6.07, 6.45) is 0.382. The molecule has 32 heavy (non-hydrogen) atoms. The first kappa shape index (κ1) is 22.6. The molecule has 3 aromatic rings. The Bertz CT molecular complexity index is 1320. The van der Waals surface area contributed by atoms with Crippen molar-refractivity contribution < 1.29 is 21.6 Å². The fraction of sp³-hybridized carbons (Fsp3) is 0.238. The predicted octanol–water partition coefficient (Wildman–Crippen LogP) is 2.30. The highest BCUT2D eigenvalue weighted by molar-refractivity contribution is 8.00. The summed E-state index contributed by atoms with van der Waals surface area (Å²) in [5.41, 5.74) is 0.712. The lowest BCUT2D eigenvalue weighted by molar-refractivity contribution is -0.119. The predicted molar refractivity (Wildman–Crippen MR) is 122 cm³/mol. The van der Waals surface area contributed by atoms with Crippen molar-refractivity contribution in [2.45, 2.75) is 27.4 Å². The Morgan fingerprint density at radius 2 is 1.75 bits per heavy atom. The zero-order valence-corrected chi connectivity index (χ0v) is 19.3. The van der Waals surface area contributed by atoms with Gasteiger partial charge in [-0.05, 0) is 18.6 Å². The van der Waals surface area contributed by atoms with Gasteiger partial charge in [0.1, 0.15) is 10.9 Å². The Morgan fingerprint density at radius 1 is 1.09 bits per heavy atom. The number of H-pyrrole nitrogens is 1. The van der Waals surface area contributed by atoms with Crippen molar-refractivity contribution in [2.24, 2.45) is 0 Å². The number of nitrogens with one attached hydrogen (secondary N) is 2. The van der Waals surface area contributed by atoms with Crippen LogP contribution in [0.25, 0.3) is 11.4 Å². The lowest BCUT2D eigenvalue weighted by atomic mass is 10.2. The molecule has 1 fully saturated rings. The quantitative estimate of drug-likeness (QED) is 0.486. The van der Waals surface area contributed by atoms with Gasteiger partial charge in [0.2, 0.25) is 15.7 Å². The van der Waals surface area contributed by atoms with E-state index in [-0.39, 0.29) is 38.1 Å². The van der Waals surface area contributed by atoms with E-state index in [2.05, 4.69) is 15.3 Å². The molecule has 168 valence electrons. The summed E-state index contributed by atoms with van der Waals surface area (Å²) in [4.78, 5) is 19.9. The number of benzene rings is 2. The minimum absolute atomic E-state index is 0.0599. The number of sulfone groups is 2. The molecule has 1 aliphatic rings. The molecule has 1 atom stereocenters. The molecular formula is C21H21N3O5S3. The first-order chi connectivity index (χ1) is 15.2. The van der Waals surface area contributed by atoms with Gasteiger partial charge in [-0.3, -0.25) is 4.79 Å². The molecule has 0 spiro atoms. The van der Waals surface area contributed by atoms with Gasteiger partial charge in [0.05, 0.1) is 22.2 Å². The molecule has 1 amide bonds. The summed E-state index contributed by atoms with van der Waals surface area (Å²) in [6.45, 7) is 0. The van der Waals surface area contributed by atoms with E-state index in [4.69, 9.17) is 0 Å². The highest BCUT2D eigenvalue weighted by Crippen LogP contribution is 2.32. The molecule has 0 aliphatic carbocycles. The Balaban J connectivity index is 1.59. The van der Waals surface area contributed by atoms with Gasteiger partial charge in [-0.1, -0.05) is 60.3 Å². The summed E-state index contributed by atoms with van der Waals surface area (Å²) in [7, 11) is -7.00. The number of carbonyl (C=O) groups is 1. The number of aromatic amines is 1. The number of thioether (sulfide) groups is 1. The average molecular weight is 492 g/mol. The summed E-state index contributed by atoms with van der Waals surface area (Å²) in [6, 6.07) is 16.7. The fourth-order valence-electron chi connectivity index (χ4n) is 3.38. The summed E-state index contributed by atoms with van der Waals surface area (Å²) in [5.74, 6) is -0.0936. The summed E-state index contributed by atoms with van der Waals surface area (Å²) < 4.78 is 49.7. The van der Waals surface area contributed by atoms with Crippen LogP contribution in [-0.4, -0.2) is 56.0 Å². The van der Waals surface area contributed by atoms with Crippen LogP contribution in [0.5, 0.6) is 0 Å². The third-order valence-electron chi connectivity index (χ3n) is 4.95. The van der Waals surface area contributed by atoms with E-state index >= 15 is 0 Å². The first-order valence-electron chi connectivity index (χ1n) is 9.83. The van der Waals surface area contributed by atoms with Crippen LogP contribution in [0.2, 0.25) is 0 Å². The molecule has 0 bridgehead atoms. The largest absolute Gasteiger partial charge is 0.352 e. The molecule has 1 saturated heterocycles. The number of rotatable bonds is 7. The van der Waals surface area contributed by atoms with Crippen molar-refractivity contribution in [1.82, 2.24) is 15.3 Å². The van der Waals surface area contributed by atoms with Crippen LogP contribution in [0.3, 0.4) is 0 Å². The highest BCUT2D eigenvalue weighted by atomic mass is 32.2. The van der Waals surface area contributed by atoms with Crippen LogP contribution < -0.4 is 5.32 Å². The monoisotopic (exact) mass is 491 g/mol. The first-order valence-corrected chi connectivity index (χ1v) is 14.1. The Kier molecular flexibility index (Phi) is 6.40. The lowest BCUT2D eigenvalue weighted by Crippen LogP contribution is -2.36. The Morgan fingerprint density at radius 3 is 2.38 bits per heavy atom. The van der Waals surface area contributed by atoms with Crippen molar-refractivity contribution in [3.8, 4) is 11.4 Å². The van der Waals surface area contributed by atoms with E-state index in [1.165, 1.54) is 12.1 Å². The molecule has 0 unspecified atom stereocenters. The van der Waals surface area contributed by atoms with Crippen molar-refractivity contribution in [1.29, 1.82) is 0 Å². The molecule has 0 radical (unpaired) electrons. The SMILES string of the molecule is O=C(CSc1nc(-c2ccccc2)[nH]c1S(=O)(=O)c1ccccc1)N[C@H]1CCS(=O)(=O)C1. The van der Waals surface area contributed by atoms with E-state index in [9.17, 15) is 21.6 Å². The van der Waals surface area contributed by atoms with Gasteiger partial charge in [0.15, 0.2) is 14.9 Å². The van der Waals surface area contributed by atoms with Crippen molar-refractivity contribution in [3.05, 3.63) is 60.7 Å². The molecule has 8 nitrogen and oxygen atoms in total. The van der Waals surface area contributed by atoms with Gasteiger partial charge >= 0.3 is 0 Å². The van der Waals surface area contributed by atoms with Crippen molar-refractivity contribution in [3.63, 3.8) is 0 Å². The van der Waals surface area contributed by atoms with E-state index in [0.29, 0.717) is 17.8 Å². The molecule has 2 N–H and O–H groups in total. The molecule has 4 rings (SSSR count). The standard InChI is InChI=1S/C21H21N3O5S3/c25-18(22-16-11-12-31(26,27)14-16)13-30-20-21(32(28,29)17-9-5-2-6-10-17)24-19(23-20)15-7-3-1-4-8-15/h1-10,16H,11-14H2,(H,22,25)(H,23,24)/t16-/m0/s1. The van der Waals surface area contributed by atoms with Gasteiger partial charge in [0, 0.05) is 11.6 Å². The van der Waals surface area contributed by atoms with Crippen LogP contribution in [0.15, 0.2) is 75.6 Å². The van der Waals surface area contributed by atoms with Gasteiger partial charge in [-0.15, -0.1) is 0 Å². The number of aromatic nitrogens is 2. The maximum Gasteiger partial charge on any atom is 0.230 e. The average Bonchev–Trinajstić information content (AvgIpc) is 3.37.